The number of aromatic nitrogens is 1. The second kappa shape index (κ2) is 8.20. The summed E-state index contributed by atoms with van der Waals surface area (Å²) >= 11 is 0. The van der Waals surface area contributed by atoms with Crippen molar-refractivity contribution >= 4 is 26.8 Å². The van der Waals surface area contributed by atoms with Gasteiger partial charge in [-0.05, 0) is 49.4 Å². The number of nitrogens with zero attached hydrogens (tertiary/aromatic N) is 1. The van der Waals surface area contributed by atoms with E-state index in [0.29, 0.717) is 19.0 Å². The number of H-pyrrole nitrogens is 1. The standard InChI is InChI=1S/C22H24FN3O3S/c1-15(25-30(28,29)21-9-5-3-7-18(21)23)22(27)26-12-10-16(11-13-26)20-14-17-6-2-4-8-19(17)24-20/h2-9,14-16,24-25H,10-13H2,1H3/t15-/m0/s1. The van der Waals surface area contributed by atoms with Gasteiger partial charge in [0.1, 0.15) is 10.7 Å². The maximum Gasteiger partial charge on any atom is 0.244 e. The third kappa shape index (κ3) is 4.11. The fourth-order valence-electron chi connectivity index (χ4n) is 4.01. The summed E-state index contributed by atoms with van der Waals surface area (Å²) in [5.41, 5.74) is 2.26. The molecule has 8 heteroatoms. The van der Waals surface area contributed by atoms with Crippen molar-refractivity contribution < 1.29 is 17.6 Å². The van der Waals surface area contributed by atoms with E-state index < -0.39 is 26.8 Å². The van der Waals surface area contributed by atoms with Gasteiger partial charge in [-0.25, -0.2) is 12.8 Å². The molecule has 30 heavy (non-hydrogen) atoms. The van der Waals surface area contributed by atoms with Crippen LogP contribution < -0.4 is 4.72 Å². The lowest BCUT2D eigenvalue weighted by atomic mass is 9.93. The predicted molar refractivity (Wildman–Crippen MR) is 113 cm³/mol. The van der Waals surface area contributed by atoms with E-state index in [4.69, 9.17) is 0 Å². The average Bonchev–Trinajstić information content (AvgIpc) is 3.17. The number of fused-ring (bicyclic) bond motifs is 1. The average molecular weight is 430 g/mol. The number of halogens is 1. The minimum absolute atomic E-state index is 0.301. The van der Waals surface area contributed by atoms with Crippen molar-refractivity contribution in [1.29, 1.82) is 0 Å². The Balaban J connectivity index is 1.38. The molecule has 0 radical (unpaired) electrons. The molecule has 1 saturated heterocycles. The van der Waals surface area contributed by atoms with Crippen LogP contribution >= 0.6 is 0 Å². The van der Waals surface area contributed by atoms with Gasteiger partial charge in [0.15, 0.2) is 0 Å². The molecule has 158 valence electrons. The number of hydrogen-bond acceptors (Lipinski definition) is 3. The van der Waals surface area contributed by atoms with Crippen LogP contribution in [0.1, 0.15) is 31.4 Å². The molecule has 1 aliphatic heterocycles. The number of aromatic amines is 1. The molecule has 2 N–H and O–H groups in total. The predicted octanol–water partition coefficient (Wildman–Crippen LogP) is 3.38. The Morgan fingerprint density at radius 1 is 1.13 bits per heavy atom. The number of rotatable bonds is 5. The molecule has 3 aromatic rings. The topological polar surface area (TPSA) is 82.3 Å². The molecule has 1 amide bonds. The van der Waals surface area contributed by atoms with Crippen molar-refractivity contribution in [1.82, 2.24) is 14.6 Å². The van der Waals surface area contributed by atoms with Crippen molar-refractivity contribution in [3.05, 3.63) is 66.1 Å². The molecular formula is C22H24FN3O3S. The Bertz CT molecular complexity index is 1130. The number of para-hydroxylation sites is 1. The van der Waals surface area contributed by atoms with E-state index in [-0.39, 0.29) is 5.91 Å². The summed E-state index contributed by atoms with van der Waals surface area (Å²) in [6.45, 7) is 2.58. The number of likely N-dealkylation sites (tertiary alicyclic amines) is 1. The van der Waals surface area contributed by atoms with Gasteiger partial charge < -0.3 is 9.88 Å². The first-order chi connectivity index (χ1) is 14.3. The Hall–Kier alpha value is -2.71. The third-order valence-electron chi connectivity index (χ3n) is 5.63. The minimum atomic E-state index is -4.12. The number of benzene rings is 2. The largest absolute Gasteiger partial charge is 0.358 e. The van der Waals surface area contributed by atoms with Gasteiger partial charge in [0.2, 0.25) is 15.9 Å². The molecule has 6 nitrogen and oxygen atoms in total. The fraction of sp³-hybridized carbons (Fsp3) is 0.318. The van der Waals surface area contributed by atoms with Crippen LogP contribution in [0.4, 0.5) is 4.39 Å². The smallest absolute Gasteiger partial charge is 0.244 e. The summed E-state index contributed by atoms with van der Waals surface area (Å²) in [4.78, 5) is 17.4. The first-order valence-electron chi connectivity index (χ1n) is 9.98. The number of carbonyl (C=O) groups excluding carboxylic acids is 1. The van der Waals surface area contributed by atoms with E-state index in [1.54, 1.807) is 4.90 Å². The van der Waals surface area contributed by atoms with Gasteiger partial charge in [-0.1, -0.05) is 30.3 Å². The third-order valence-corrected chi connectivity index (χ3v) is 7.20. The summed E-state index contributed by atoms with van der Waals surface area (Å²) < 4.78 is 41.1. The van der Waals surface area contributed by atoms with Gasteiger partial charge in [-0.15, -0.1) is 0 Å². The lowest BCUT2D eigenvalue weighted by Gasteiger charge is -2.33. The second-order valence-corrected chi connectivity index (χ2v) is 9.37. The van der Waals surface area contributed by atoms with Gasteiger partial charge >= 0.3 is 0 Å². The first-order valence-corrected chi connectivity index (χ1v) is 11.5. The molecule has 0 aliphatic carbocycles. The fourth-order valence-corrected chi connectivity index (χ4v) is 5.29. The van der Waals surface area contributed by atoms with Crippen molar-refractivity contribution in [2.45, 2.75) is 36.6 Å². The Labute approximate surface area is 175 Å². The molecular weight excluding hydrogens is 405 g/mol. The SMILES string of the molecule is C[C@H](NS(=O)(=O)c1ccccc1F)C(=O)N1CCC(c2cc3ccccc3[nH]2)CC1. The maximum atomic E-state index is 13.9. The highest BCUT2D eigenvalue weighted by Crippen LogP contribution is 2.30. The normalized spacial score (nSPS) is 16.7. The van der Waals surface area contributed by atoms with Crippen LogP contribution in [0.2, 0.25) is 0 Å². The number of hydrogen-bond donors (Lipinski definition) is 2. The summed E-state index contributed by atoms with van der Waals surface area (Å²) in [5.74, 6) is -0.819. The number of carbonyl (C=O) groups is 1. The lowest BCUT2D eigenvalue weighted by molar-refractivity contribution is -0.133. The molecule has 0 unspecified atom stereocenters. The van der Waals surface area contributed by atoms with E-state index in [2.05, 4.69) is 21.8 Å². The molecule has 2 aromatic carbocycles. The Kier molecular flexibility index (Phi) is 5.62. The van der Waals surface area contributed by atoms with Crippen LogP contribution in [0.3, 0.4) is 0 Å². The van der Waals surface area contributed by atoms with E-state index in [1.165, 1.54) is 30.5 Å². The number of sulfonamides is 1. The highest BCUT2D eigenvalue weighted by molar-refractivity contribution is 7.89. The van der Waals surface area contributed by atoms with Crippen LogP contribution in [0.15, 0.2) is 59.5 Å². The Morgan fingerprint density at radius 3 is 2.50 bits per heavy atom. The summed E-state index contributed by atoms with van der Waals surface area (Å²) in [6.07, 6.45) is 1.59. The summed E-state index contributed by atoms with van der Waals surface area (Å²) in [5, 5.41) is 1.17. The highest BCUT2D eigenvalue weighted by Gasteiger charge is 2.30. The van der Waals surface area contributed by atoms with Crippen LogP contribution in [-0.2, 0) is 14.8 Å². The highest BCUT2D eigenvalue weighted by atomic mass is 32.2. The first kappa shape index (κ1) is 20.6. The zero-order chi connectivity index (χ0) is 21.3. The monoisotopic (exact) mass is 429 g/mol. The van der Waals surface area contributed by atoms with Gasteiger partial charge in [0.05, 0.1) is 6.04 Å². The molecule has 1 aromatic heterocycles. The van der Waals surface area contributed by atoms with Crippen molar-refractivity contribution in [3.63, 3.8) is 0 Å². The molecule has 1 fully saturated rings. The molecule has 0 bridgehead atoms. The van der Waals surface area contributed by atoms with Crippen LogP contribution in [0.25, 0.3) is 10.9 Å². The quantitative estimate of drug-likeness (QED) is 0.652. The van der Waals surface area contributed by atoms with Crippen molar-refractivity contribution in [2.24, 2.45) is 0 Å². The molecule has 1 atom stereocenters. The van der Waals surface area contributed by atoms with E-state index in [9.17, 15) is 17.6 Å². The lowest BCUT2D eigenvalue weighted by Crippen LogP contribution is -2.49. The number of nitrogens with one attached hydrogen (secondary N) is 2. The summed E-state index contributed by atoms with van der Waals surface area (Å²) in [7, 11) is -4.12. The van der Waals surface area contributed by atoms with Crippen LogP contribution in [0, 0.1) is 5.82 Å². The minimum Gasteiger partial charge on any atom is -0.358 e. The summed E-state index contributed by atoms with van der Waals surface area (Å²) in [6, 6.07) is 14.4. The molecule has 0 spiro atoms. The molecule has 1 aliphatic rings. The van der Waals surface area contributed by atoms with E-state index in [1.807, 2.05) is 18.2 Å². The van der Waals surface area contributed by atoms with Gasteiger partial charge in [0, 0.05) is 30.2 Å². The van der Waals surface area contributed by atoms with Crippen molar-refractivity contribution in [3.8, 4) is 0 Å². The zero-order valence-electron chi connectivity index (χ0n) is 16.6. The number of amides is 1. The Morgan fingerprint density at radius 2 is 1.80 bits per heavy atom. The van der Waals surface area contributed by atoms with E-state index >= 15 is 0 Å². The zero-order valence-corrected chi connectivity index (χ0v) is 17.5. The molecule has 4 rings (SSSR count). The van der Waals surface area contributed by atoms with Crippen LogP contribution in [-0.4, -0.2) is 43.3 Å². The second-order valence-electron chi connectivity index (χ2n) is 7.68. The molecule has 2 heterocycles. The van der Waals surface area contributed by atoms with Crippen molar-refractivity contribution in [2.75, 3.05) is 13.1 Å². The van der Waals surface area contributed by atoms with Gasteiger partial charge in [-0.2, -0.15) is 4.72 Å². The van der Waals surface area contributed by atoms with Gasteiger partial charge in [-0.3, -0.25) is 4.79 Å². The maximum absolute atomic E-state index is 13.9. The van der Waals surface area contributed by atoms with Gasteiger partial charge in [0.25, 0.3) is 0 Å². The van der Waals surface area contributed by atoms with E-state index in [0.717, 1.165) is 30.1 Å². The molecule has 0 saturated carbocycles. The van der Waals surface area contributed by atoms with Crippen LogP contribution in [0.5, 0.6) is 0 Å². The number of piperidine rings is 1.